The first-order chi connectivity index (χ1) is 13.9. The number of benzene rings is 1. The summed E-state index contributed by atoms with van der Waals surface area (Å²) in [5.74, 6) is 0.316. The molecule has 1 fully saturated rings. The van der Waals surface area contributed by atoms with Crippen molar-refractivity contribution in [3.05, 3.63) is 54.1 Å². The molecule has 0 radical (unpaired) electrons. The lowest BCUT2D eigenvalue weighted by Crippen LogP contribution is -2.38. The van der Waals surface area contributed by atoms with Gasteiger partial charge in [-0.15, -0.1) is 0 Å². The maximum Gasteiger partial charge on any atom is 0.243 e. The standard InChI is InChI=1S/C20H22N6O2S/c1-14-9-20-21-13-23-26(20)12-18(14)15-5-7-25(8-6-15)29(27,28)17-3-4-19-16(10-17)11-22-24(19)2/h3-4,9-13,15H,5-8H2,1-2H3. The molecule has 4 heterocycles. The second-order valence-corrected chi connectivity index (χ2v) is 9.58. The Morgan fingerprint density at radius 2 is 1.90 bits per heavy atom. The van der Waals surface area contributed by atoms with E-state index in [1.807, 2.05) is 25.4 Å². The van der Waals surface area contributed by atoms with Crippen molar-refractivity contribution < 1.29 is 8.42 Å². The molecule has 1 aromatic carbocycles. The molecular formula is C20H22N6O2S. The van der Waals surface area contributed by atoms with Crippen LogP contribution in [0.5, 0.6) is 0 Å². The van der Waals surface area contributed by atoms with Crippen molar-refractivity contribution in [1.82, 2.24) is 28.7 Å². The molecule has 0 unspecified atom stereocenters. The van der Waals surface area contributed by atoms with Gasteiger partial charge in [0, 0.05) is 31.7 Å². The fourth-order valence-electron chi connectivity index (χ4n) is 4.26. The number of pyridine rings is 1. The molecule has 0 spiro atoms. The van der Waals surface area contributed by atoms with Crippen LogP contribution in [0.2, 0.25) is 0 Å². The maximum absolute atomic E-state index is 13.2. The van der Waals surface area contributed by atoms with Gasteiger partial charge in [0.1, 0.15) is 6.33 Å². The summed E-state index contributed by atoms with van der Waals surface area (Å²) < 4.78 is 31.5. The second-order valence-electron chi connectivity index (χ2n) is 7.64. The zero-order valence-electron chi connectivity index (χ0n) is 16.4. The molecule has 1 aliphatic rings. The normalized spacial score (nSPS) is 16.8. The first kappa shape index (κ1) is 18.3. The Balaban J connectivity index is 1.37. The summed E-state index contributed by atoms with van der Waals surface area (Å²) in [6.07, 6.45) is 6.85. The van der Waals surface area contributed by atoms with E-state index in [1.165, 1.54) is 11.1 Å². The van der Waals surface area contributed by atoms with Crippen LogP contribution in [0.15, 0.2) is 47.9 Å². The van der Waals surface area contributed by atoms with Gasteiger partial charge < -0.3 is 0 Å². The van der Waals surface area contributed by atoms with Crippen molar-refractivity contribution in [2.24, 2.45) is 7.05 Å². The molecule has 5 rings (SSSR count). The summed E-state index contributed by atoms with van der Waals surface area (Å²) in [6.45, 7) is 3.09. The third-order valence-electron chi connectivity index (χ3n) is 5.91. The molecule has 0 saturated carbocycles. The number of aromatic nitrogens is 5. The predicted octanol–water partition coefficient (Wildman–Crippen LogP) is 2.49. The Morgan fingerprint density at radius 1 is 1.10 bits per heavy atom. The average molecular weight is 411 g/mol. The molecule has 3 aromatic heterocycles. The Labute approximate surface area is 168 Å². The molecule has 9 heteroatoms. The van der Waals surface area contributed by atoms with Gasteiger partial charge in [0.25, 0.3) is 0 Å². The van der Waals surface area contributed by atoms with Crippen LogP contribution in [-0.2, 0) is 17.1 Å². The molecule has 150 valence electrons. The zero-order chi connectivity index (χ0) is 20.2. The summed E-state index contributed by atoms with van der Waals surface area (Å²) in [6, 6.07) is 7.24. The van der Waals surface area contributed by atoms with Crippen LogP contribution in [0.25, 0.3) is 16.6 Å². The number of rotatable bonds is 3. The zero-order valence-corrected chi connectivity index (χ0v) is 17.2. The van der Waals surface area contributed by atoms with E-state index in [0.29, 0.717) is 23.9 Å². The van der Waals surface area contributed by atoms with Gasteiger partial charge in [0.05, 0.1) is 16.6 Å². The van der Waals surface area contributed by atoms with Crippen LogP contribution in [0.1, 0.15) is 29.9 Å². The SMILES string of the molecule is Cc1cc2ncnn2cc1C1CCN(S(=O)(=O)c2ccc3c(cnn3C)c2)CC1. The Morgan fingerprint density at radius 3 is 2.69 bits per heavy atom. The quantitative estimate of drug-likeness (QED) is 0.518. The Bertz CT molecular complexity index is 1320. The monoisotopic (exact) mass is 410 g/mol. The van der Waals surface area contributed by atoms with E-state index in [-0.39, 0.29) is 0 Å². The summed E-state index contributed by atoms with van der Waals surface area (Å²) >= 11 is 0. The van der Waals surface area contributed by atoms with Crippen LogP contribution in [0.3, 0.4) is 0 Å². The summed E-state index contributed by atoms with van der Waals surface area (Å²) in [7, 11) is -1.67. The van der Waals surface area contributed by atoms with Crippen molar-refractivity contribution in [2.45, 2.75) is 30.6 Å². The van der Waals surface area contributed by atoms with Crippen molar-refractivity contribution in [3.8, 4) is 0 Å². The van der Waals surface area contributed by atoms with Crippen LogP contribution < -0.4 is 0 Å². The average Bonchev–Trinajstić information content (AvgIpc) is 3.33. The minimum atomic E-state index is -3.52. The molecule has 8 nitrogen and oxygen atoms in total. The van der Waals surface area contributed by atoms with Gasteiger partial charge in [-0.2, -0.15) is 14.5 Å². The predicted molar refractivity (Wildman–Crippen MR) is 109 cm³/mol. The minimum Gasteiger partial charge on any atom is -0.268 e. The second kappa shape index (κ2) is 6.64. The first-order valence-electron chi connectivity index (χ1n) is 9.65. The first-order valence-corrected chi connectivity index (χ1v) is 11.1. The maximum atomic E-state index is 13.2. The largest absolute Gasteiger partial charge is 0.268 e. The molecule has 0 atom stereocenters. The van der Waals surface area contributed by atoms with E-state index in [4.69, 9.17) is 0 Å². The van der Waals surface area contributed by atoms with Crippen LogP contribution in [0, 0.1) is 6.92 Å². The van der Waals surface area contributed by atoms with Gasteiger partial charge >= 0.3 is 0 Å². The fraction of sp³-hybridized carbons (Fsp3) is 0.350. The van der Waals surface area contributed by atoms with E-state index in [9.17, 15) is 8.42 Å². The van der Waals surface area contributed by atoms with E-state index in [1.54, 1.807) is 38.2 Å². The van der Waals surface area contributed by atoms with Gasteiger partial charge in [-0.1, -0.05) is 0 Å². The van der Waals surface area contributed by atoms with Gasteiger partial charge in [-0.05, 0) is 61.1 Å². The highest BCUT2D eigenvalue weighted by Gasteiger charge is 2.31. The van der Waals surface area contributed by atoms with Crippen molar-refractivity contribution >= 4 is 26.6 Å². The molecule has 1 saturated heterocycles. The molecule has 29 heavy (non-hydrogen) atoms. The van der Waals surface area contributed by atoms with E-state index < -0.39 is 10.0 Å². The summed E-state index contributed by atoms with van der Waals surface area (Å²) in [5, 5.41) is 9.26. The van der Waals surface area contributed by atoms with E-state index in [0.717, 1.165) is 29.4 Å². The number of piperidine rings is 1. The molecular weight excluding hydrogens is 388 g/mol. The Kier molecular flexibility index (Phi) is 4.18. The Hall–Kier alpha value is -2.78. The minimum absolute atomic E-state index is 0.316. The molecule has 0 amide bonds. The fourth-order valence-corrected chi connectivity index (χ4v) is 5.76. The third kappa shape index (κ3) is 3.01. The number of sulfonamides is 1. The van der Waals surface area contributed by atoms with Gasteiger partial charge in [-0.25, -0.2) is 17.9 Å². The molecule has 1 aliphatic heterocycles. The lowest BCUT2D eigenvalue weighted by atomic mass is 9.89. The van der Waals surface area contributed by atoms with Crippen molar-refractivity contribution in [1.29, 1.82) is 0 Å². The molecule has 0 bridgehead atoms. The highest BCUT2D eigenvalue weighted by atomic mass is 32.2. The van der Waals surface area contributed by atoms with Gasteiger partial charge in [0.2, 0.25) is 10.0 Å². The molecule has 4 aromatic rings. The van der Waals surface area contributed by atoms with Crippen LogP contribution >= 0.6 is 0 Å². The molecule has 0 aliphatic carbocycles. The van der Waals surface area contributed by atoms with Crippen molar-refractivity contribution in [3.63, 3.8) is 0 Å². The van der Waals surface area contributed by atoms with Gasteiger partial charge in [0.15, 0.2) is 5.65 Å². The number of hydrogen-bond donors (Lipinski definition) is 0. The van der Waals surface area contributed by atoms with Crippen LogP contribution in [0.4, 0.5) is 0 Å². The van der Waals surface area contributed by atoms with E-state index >= 15 is 0 Å². The summed E-state index contributed by atoms with van der Waals surface area (Å²) in [4.78, 5) is 4.56. The van der Waals surface area contributed by atoms with E-state index in [2.05, 4.69) is 22.1 Å². The highest BCUT2D eigenvalue weighted by Crippen LogP contribution is 2.33. The third-order valence-corrected chi connectivity index (χ3v) is 7.81. The number of fused-ring (bicyclic) bond motifs is 2. The number of hydrogen-bond acceptors (Lipinski definition) is 5. The van der Waals surface area contributed by atoms with Crippen molar-refractivity contribution in [2.75, 3.05) is 13.1 Å². The number of aryl methyl sites for hydroxylation is 2. The van der Waals surface area contributed by atoms with Crippen LogP contribution in [-0.4, -0.2) is 50.2 Å². The number of nitrogens with zero attached hydrogens (tertiary/aromatic N) is 6. The smallest absolute Gasteiger partial charge is 0.243 e. The highest BCUT2D eigenvalue weighted by molar-refractivity contribution is 7.89. The van der Waals surface area contributed by atoms with Gasteiger partial charge in [-0.3, -0.25) is 4.68 Å². The lowest BCUT2D eigenvalue weighted by Gasteiger charge is -2.32. The molecule has 0 N–H and O–H groups in total. The topological polar surface area (TPSA) is 85.4 Å². The lowest BCUT2D eigenvalue weighted by molar-refractivity contribution is 0.318. The summed E-state index contributed by atoms with van der Waals surface area (Å²) in [5.41, 5.74) is 4.14.